The molecule has 5 nitrogen and oxygen atoms in total. The van der Waals surface area contributed by atoms with Crippen molar-refractivity contribution < 1.29 is 14.0 Å². The first kappa shape index (κ1) is 17.1. The second-order valence-electron chi connectivity index (χ2n) is 5.56. The van der Waals surface area contributed by atoms with Gasteiger partial charge in [-0.15, -0.1) is 11.3 Å². The van der Waals surface area contributed by atoms with E-state index in [1.807, 2.05) is 29.6 Å². The minimum absolute atomic E-state index is 0.0326. The van der Waals surface area contributed by atoms with Gasteiger partial charge >= 0.3 is 0 Å². The van der Waals surface area contributed by atoms with Gasteiger partial charge in [0.1, 0.15) is 11.8 Å². The largest absolute Gasteiger partial charge is 0.468 e. The Labute approximate surface area is 149 Å². The third kappa shape index (κ3) is 4.21. The van der Waals surface area contributed by atoms with E-state index >= 15 is 0 Å². The minimum Gasteiger partial charge on any atom is -0.468 e. The molecule has 128 valence electrons. The second kappa shape index (κ2) is 8.39. The molecule has 2 aromatic rings. The Balaban J connectivity index is 1.43. The molecule has 0 unspecified atom stereocenters. The van der Waals surface area contributed by atoms with Crippen LogP contribution in [0.25, 0.3) is 0 Å². The van der Waals surface area contributed by atoms with E-state index < -0.39 is 0 Å². The summed E-state index contributed by atoms with van der Waals surface area (Å²) in [7, 11) is 0. The third-order valence-electron chi connectivity index (χ3n) is 3.92. The van der Waals surface area contributed by atoms with Crippen molar-refractivity contribution in [1.82, 2.24) is 10.2 Å². The van der Waals surface area contributed by atoms with Crippen LogP contribution in [0.1, 0.15) is 28.3 Å². The fraction of sp³-hybridized carbons (Fsp3) is 0.412. The van der Waals surface area contributed by atoms with E-state index in [1.165, 1.54) is 11.3 Å². The van der Waals surface area contributed by atoms with Crippen LogP contribution in [-0.4, -0.2) is 41.6 Å². The molecule has 1 N–H and O–H groups in total. The summed E-state index contributed by atoms with van der Waals surface area (Å²) in [6.45, 7) is 1.25. The quantitative estimate of drug-likeness (QED) is 0.767. The Bertz CT molecular complexity index is 655. The maximum absolute atomic E-state index is 12.5. The van der Waals surface area contributed by atoms with Crippen LogP contribution in [0.2, 0.25) is 0 Å². The van der Waals surface area contributed by atoms with Crippen LogP contribution >= 0.6 is 23.1 Å². The number of thioether (sulfide) groups is 1. The van der Waals surface area contributed by atoms with Crippen molar-refractivity contribution in [3.05, 3.63) is 46.5 Å². The van der Waals surface area contributed by atoms with Crippen molar-refractivity contribution in [2.75, 3.05) is 18.8 Å². The van der Waals surface area contributed by atoms with Gasteiger partial charge in [0.25, 0.3) is 5.91 Å². The van der Waals surface area contributed by atoms with E-state index in [0.29, 0.717) is 18.0 Å². The lowest BCUT2D eigenvalue weighted by Gasteiger charge is -2.23. The lowest BCUT2D eigenvalue weighted by atomic mass is 10.2. The zero-order valence-corrected chi connectivity index (χ0v) is 14.9. The molecule has 7 heteroatoms. The summed E-state index contributed by atoms with van der Waals surface area (Å²) in [4.78, 5) is 27.3. The van der Waals surface area contributed by atoms with Crippen LogP contribution in [0.15, 0.2) is 40.3 Å². The number of rotatable bonds is 7. The standard InChI is InChI=1S/C17H20N2O3S2/c20-16(18-7-11-23-12-13-4-2-9-22-13)14-5-1-8-19(14)17(21)15-6-3-10-24-15/h2-4,6,9-10,14H,1,5,7-8,11-12H2,(H,18,20)/t14-/m0/s1. The average molecular weight is 364 g/mol. The van der Waals surface area contributed by atoms with Gasteiger partial charge in [-0.05, 0) is 36.4 Å². The van der Waals surface area contributed by atoms with Crippen molar-refractivity contribution in [3.8, 4) is 0 Å². The first-order valence-electron chi connectivity index (χ1n) is 7.98. The van der Waals surface area contributed by atoms with Crippen LogP contribution < -0.4 is 5.32 Å². The number of carbonyl (C=O) groups is 2. The Morgan fingerprint density at radius 2 is 2.29 bits per heavy atom. The van der Waals surface area contributed by atoms with Gasteiger partial charge < -0.3 is 14.6 Å². The van der Waals surface area contributed by atoms with Crippen LogP contribution in [0.4, 0.5) is 0 Å². The molecule has 1 atom stereocenters. The molecule has 24 heavy (non-hydrogen) atoms. The van der Waals surface area contributed by atoms with Crippen LogP contribution in [0, 0.1) is 0 Å². The van der Waals surface area contributed by atoms with Gasteiger partial charge in [0.15, 0.2) is 0 Å². The van der Waals surface area contributed by atoms with E-state index in [-0.39, 0.29) is 17.9 Å². The summed E-state index contributed by atoms with van der Waals surface area (Å²) >= 11 is 3.13. The molecule has 1 saturated heterocycles. The zero-order valence-electron chi connectivity index (χ0n) is 13.3. The molecule has 1 aliphatic rings. The van der Waals surface area contributed by atoms with Gasteiger partial charge in [-0.25, -0.2) is 0 Å². The van der Waals surface area contributed by atoms with Crippen molar-refractivity contribution in [2.24, 2.45) is 0 Å². The van der Waals surface area contributed by atoms with Crippen molar-refractivity contribution in [1.29, 1.82) is 0 Å². The van der Waals surface area contributed by atoms with Gasteiger partial charge in [-0.3, -0.25) is 9.59 Å². The minimum atomic E-state index is -0.338. The number of amides is 2. The van der Waals surface area contributed by atoms with Gasteiger partial charge in [0.2, 0.25) is 5.91 Å². The number of carbonyl (C=O) groups excluding carboxylic acids is 2. The fourth-order valence-electron chi connectivity index (χ4n) is 2.76. The van der Waals surface area contributed by atoms with Crippen molar-refractivity contribution in [3.63, 3.8) is 0 Å². The van der Waals surface area contributed by atoms with E-state index in [0.717, 1.165) is 30.1 Å². The number of thiophene rings is 1. The summed E-state index contributed by atoms with van der Waals surface area (Å²) in [5.74, 6) is 2.48. The van der Waals surface area contributed by atoms with Gasteiger partial charge in [0.05, 0.1) is 16.9 Å². The van der Waals surface area contributed by atoms with Crippen molar-refractivity contribution in [2.45, 2.75) is 24.6 Å². The molecule has 3 heterocycles. The fourth-order valence-corrected chi connectivity index (χ4v) is 4.19. The number of hydrogen-bond acceptors (Lipinski definition) is 5. The lowest BCUT2D eigenvalue weighted by molar-refractivity contribution is -0.124. The maximum atomic E-state index is 12.5. The normalized spacial score (nSPS) is 17.2. The second-order valence-corrected chi connectivity index (χ2v) is 7.61. The molecular formula is C17H20N2O3S2. The summed E-state index contributed by atoms with van der Waals surface area (Å²) in [6.07, 6.45) is 3.28. The summed E-state index contributed by atoms with van der Waals surface area (Å²) < 4.78 is 5.27. The molecule has 0 aromatic carbocycles. The van der Waals surface area contributed by atoms with E-state index in [1.54, 1.807) is 22.9 Å². The SMILES string of the molecule is O=C(NCCSCc1ccco1)[C@@H]1CCCN1C(=O)c1cccs1. The summed E-state index contributed by atoms with van der Waals surface area (Å²) in [5.41, 5.74) is 0. The Kier molecular flexibility index (Phi) is 5.98. The van der Waals surface area contributed by atoms with Crippen LogP contribution in [0.5, 0.6) is 0 Å². The van der Waals surface area contributed by atoms with E-state index in [2.05, 4.69) is 5.32 Å². The first-order chi connectivity index (χ1) is 11.8. The number of nitrogens with one attached hydrogen (secondary N) is 1. The Morgan fingerprint density at radius 1 is 1.38 bits per heavy atom. The molecule has 0 aliphatic carbocycles. The average Bonchev–Trinajstić information content (AvgIpc) is 3.34. The number of hydrogen-bond donors (Lipinski definition) is 1. The highest BCUT2D eigenvalue weighted by Crippen LogP contribution is 2.22. The molecule has 2 aromatic heterocycles. The highest BCUT2D eigenvalue weighted by molar-refractivity contribution is 7.98. The van der Waals surface area contributed by atoms with Gasteiger partial charge in [0, 0.05) is 18.8 Å². The van der Waals surface area contributed by atoms with Crippen molar-refractivity contribution >= 4 is 34.9 Å². The number of furan rings is 1. The van der Waals surface area contributed by atoms with Crippen LogP contribution in [0.3, 0.4) is 0 Å². The Hall–Kier alpha value is -1.73. The molecule has 3 rings (SSSR count). The monoisotopic (exact) mass is 364 g/mol. The molecule has 0 bridgehead atoms. The zero-order chi connectivity index (χ0) is 16.8. The molecule has 0 radical (unpaired) electrons. The predicted molar refractivity (Wildman–Crippen MR) is 96.3 cm³/mol. The topological polar surface area (TPSA) is 62.6 Å². The molecule has 1 fully saturated rings. The van der Waals surface area contributed by atoms with Crippen LogP contribution in [-0.2, 0) is 10.5 Å². The molecule has 2 amide bonds. The highest BCUT2D eigenvalue weighted by atomic mass is 32.2. The first-order valence-corrected chi connectivity index (χ1v) is 10.0. The summed E-state index contributed by atoms with van der Waals surface area (Å²) in [6, 6.07) is 7.15. The summed E-state index contributed by atoms with van der Waals surface area (Å²) in [5, 5.41) is 4.84. The van der Waals surface area contributed by atoms with E-state index in [9.17, 15) is 9.59 Å². The smallest absolute Gasteiger partial charge is 0.264 e. The lowest BCUT2D eigenvalue weighted by Crippen LogP contribution is -2.46. The van der Waals surface area contributed by atoms with Gasteiger partial charge in [-0.2, -0.15) is 11.8 Å². The molecule has 1 aliphatic heterocycles. The molecular weight excluding hydrogens is 344 g/mol. The molecule has 0 spiro atoms. The van der Waals surface area contributed by atoms with Gasteiger partial charge in [-0.1, -0.05) is 6.07 Å². The third-order valence-corrected chi connectivity index (χ3v) is 5.76. The predicted octanol–water partition coefficient (Wildman–Crippen LogP) is 3.00. The highest BCUT2D eigenvalue weighted by Gasteiger charge is 2.34. The Morgan fingerprint density at radius 3 is 3.04 bits per heavy atom. The number of nitrogens with zero attached hydrogens (tertiary/aromatic N) is 1. The molecule has 0 saturated carbocycles. The van der Waals surface area contributed by atoms with E-state index in [4.69, 9.17) is 4.42 Å². The maximum Gasteiger partial charge on any atom is 0.264 e. The number of likely N-dealkylation sites (tertiary alicyclic amines) is 1.